The third-order valence-electron chi connectivity index (χ3n) is 8.22. The molecule has 0 saturated heterocycles. The van der Waals surface area contributed by atoms with Crippen molar-refractivity contribution in [1.82, 2.24) is 15.1 Å². The number of rotatable bonds is 6. The van der Waals surface area contributed by atoms with Crippen LogP contribution in [0.5, 0.6) is 0 Å². The van der Waals surface area contributed by atoms with Gasteiger partial charge in [0.2, 0.25) is 0 Å². The average molecular weight is 468 g/mol. The molecule has 6 heteroatoms. The van der Waals surface area contributed by atoms with Gasteiger partial charge >= 0.3 is 0 Å². The summed E-state index contributed by atoms with van der Waals surface area (Å²) in [7, 11) is 0. The van der Waals surface area contributed by atoms with Gasteiger partial charge in [0.15, 0.2) is 0 Å². The molecule has 0 atom stereocenters. The molecular weight excluding hydrogens is 438 g/mol. The lowest BCUT2D eigenvalue weighted by Crippen LogP contribution is -2.47. The Morgan fingerprint density at radius 1 is 1.19 bits per heavy atom. The number of thiophene rings is 1. The molecule has 4 fully saturated rings. The van der Waals surface area contributed by atoms with E-state index in [2.05, 4.69) is 5.32 Å². The predicted molar refractivity (Wildman–Crippen MR) is 130 cm³/mol. The van der Waals surface area contributed by atoms with Gasteiger partial charge in [-0.2, -0.15) is 5.10 Å². The van der Waals surface area contributed by atoms with Gasteiger partial charge in [-0.1, -0.05) is 29.8 Å². The largest absolute Gasteiger partial charge is 0.351 e. The number of hydrogen-bond acceptors (Lipinski definition) is 3. The van der Waals surface area contributed by atoms with Crippen LogP contribution >= 0.6 is 22.9 Å². The van der Waals surface area contributed by atoms with E-state index in [1.165, 1.54) is 49.9 Å². The lowest BCUT2D eigenvalue weighted by Gasteiger charge is -2.57. The Labute approximate surface area is 198 Å². The number of amides is 1. The summed E-state index contributed by atoms with van der Waals surface area (Å²) in [6.07, 6.45) is 9.75. The molecule has 1 aromatic carbocycles. The van der Waals surface area contributed by atoms with Crippen molar-refractivity contribution >= 4 is 39.1 Å². The van der Waals surface area contributed by atoms with Crippen molar-refractivity contribution in [3.8, 4) is 0 Å². The summed E-state index contributed by atoms with van der Waals surface area (Å²) < 4.78 is 1.97. The first-order chi connectivity index (χ1) is 15.5. The first kappa shape index (κ1) is 20.7. The summed E-state index contributed by atoms with van der Waals surface area (Å²) in [6.45, 7) is 3.41. The minimum absolute atomic E-state index is 0.0552. The van der Waals surface area contributed by atoms with Crippen molar-refractivity contribution in [2.24, 2.45) is 23.2 Å². The monoisotopic (exact) mass is 467 g/mol. The fourth-order valence-electron chi connectivity index (χ4n) is 7.24. The molecule has 0 spiro atoms. The highest BCUT2D eigenvalue weighted by Gasteiger charge is 2.50. The van der Waals surface area contributed by atoms with E-state index in [0.29, 0.717) is 12.0 Å². The minimum Gasteiger partial charge on any atom is -0.351 e. The smallest absolute Gasteiger partial charge is 0.261 e. The van der Waals surface area contributed by atoms with Crippen LogP contribution in [0.3, 0.4) is 0 Å². The Kier molecular flexibility index (Phi) is 5.10. The molecule has 0 radical (unpaired) electrons. The Hall–Kier alpha value is -1.85. The second-order valence-electron chi connectivity index (χ2n) is 10.6. The molecular formula is C26H30ClN3OS. The van der Waals surface area contributed by atoms with Crippen molar-refractivity contribution < 1.29 is 4.79 Å². The number of benzene rings is 1. The standard InChI is InChI=1S/C26H30ClN3OS/c1-16-21-11-23(32-25(21)30(29-16)15-20-4-2-3-5-22(20)27)24(31)28-7-6-26-12-17-8-18(13-26)10-19(9-17)14-26/h2-5,11,17-19H,6-10,12-15H2,1H3,(H,28,31). The zero-order valence-electron chi connectivity index (χ0n) is 18.6. The van der Waals surface area contributed by atoms with Gasteiger partial charge in [-0.15, -0.1) is 11.3 Å². The van der Waals surface area contributed by atoms with E-state index in [-0.39, 0.29) is 5.91 Å². The van der Waals surface area contributed by atoms with Gasteiger partial charge in [0.05, 0.1) is 17.1 Å². The lowest BCUT2D eigenvalue weighted by molar-refractivity contribution is -0.0564. The van der Waals surface area contributed by atoms with Gasteiger partial charge in [-0.25, -0.2) is 0 Å². The van der Waals surface area contributed by atoms with Gasteiger partial charge in [0.1, 0.15) is 4.83 Å². The third-order valence-corrected chi connectivity index (χ3v) is 9.73. The molecule has 1 amide bonds. The highest BCUT2D eigenvalue weighted by Crippen LogP contribution is 2.61. The van der Waals surface area contributed by atoms with E-state index in [4.69, 9.17) is 16.7 Å². The molecule has 4 saturated carbocycles. The maximum Gasteiger partial charge on any atom is 0.261 e. The van der Waals surface area contributed by atoms with E-state index in [9.17, 15) is 4.79 Å². The number of aryl methyl sites for hydroxylation is 1. The number of nitrogens with zero attached hydrogens (tertiary/aromatic N) is 2. The highest BCUT2D eigenvalue weighted by molar-refractivity contribution is 7.20. The number of nitrogens with one attached hydrogen (secondary N) is 1. The molecule has 1 N–H and O–H groups in total. The van der Waals surface area contributed by atoms with Gasteiger partial charge in [-0.3, -0.25) is 9.48 Å². The predicted octanol–water partition coefficient (Wildman–Crippen LogP) is 6.44. The van der Waals surface area contributed by atoms with Crippen LogP contribution in [-0.2, 0) is 6.54 Å². The topological polar surface area (TPSA) is 46.9 Å². The summed E-state index contributed by atoms with van der Waals surface area (Å²) in [5.74, 6) is 2.94. The molecule has 32 heavy (non-hydrogen) atoms. The summed E-state index contributed by atoms with van der Waals surface area (Å²) in [5.41, 5.74) is 2.50. The SMILES string of the molecule is Cc1nn(Cc2ccccc2Cl)c2sc(C(=O)NCCC34CC5CC(CC(C5)C3)C4)cc12. The molecule has 2 aromatic heterocycles. The van der Waals surface area contributed by atoms with Crippen LogP contribution < -0.4 is 5.32 Å². The van der Waals surface area contributed by atoms with Crippen LogP contribution in [0, 0.1) is 30.1 Å². The number of hydrogen-bond donors (Lipinski definition) is 1. The molecule has 4 nitrogen and oxygen atoms in total. The maximum atomic E-state index is 13.0. The van der Waals surface area contributed by atoms with Crippen molar-refractivity contribution in [2.45, 2.75) is 58.4 Å². The van der Waals surface area contributed by atoms with E-state index < -0.39 is 0 Å². The number of halogens is 1. The van der Waals surface area contributed by atoms with Crippen LogP contribution in [0.25, 0.3) is 10.2 Å². The Morgan fingerprint density at radius 2 is 1.88 bits per heavy atom. The van der Waals surface area contributed by atoms with Crippen LogP contribution in [0.4, 0.5) is 0 Å². The zero-order valence-corrected chi connectivity index (χ0v) is 20.1. The van der Waals surface area contributed by atoms with Crippen LogP contribution in [0.15, 0.2) is 30.3 Å². The fourth-order valence-corrected chi connectivity index (χ4v) is 8.52. The van der Waals surface area contributed by atoms with Gasteiger partial charge in [0, 0.05) is 17.0 Å². The van der Waals surface area contributed by atoms with E-state index in [1.807, 2.05) is 41.9 Å². The highest BCUT2D eigenvalue weighted by atomic mass is 35.5. The molecule has 4 aliphatic carbocycles. The zero-order chi connectivity index (χ0) is 21.9. The van der Waals surface area contributed by atoms with Crippen molar-refractivity contribution in [1.29, 1.82) is 0 Å². The van der Waals surface area contributed by atoms with Crippen molar-refractivity contribution in [2.75, 3.05) is 6.54 Å². The van der Waals surface area contributed by atoms with Crippen molar-refractivity contribution in [3.63, 3.8) is 0 Å². The van der Waals surface area contributed by atoms with E-state index in [0.717, 1.165) is 62.1 Å². The van der Waals surface area contributed by atoms with E-state index in [1.54, 1.807) is 0 Å². The molecule has 4 bridgehead atoms. The molecule has 7 rings (SSSR count). The van der Waals surface area contributed by atoms with Gasteiger partial charge in [-0.05, 0) is 92.7 Å². The molecule has 3 aromatic rings. The van der Waals surface area contributed by atoms with E-state index >= 15 is 0 Å². The summed E-state index contributed by atoms with van der Waals surface area (Å²) in [5, 5.41) is 9.74. The van der Waals surface area contributed by atoms with Crippen LogP contribution in [0.2, 0.25) is 5.02 Å². The summed E-state index contributed by atoms with van der Waals surface area (Å²) in [6, 6.07) is 9.86. The Balaban J connectivity index is 1.14. The van der Waals surface area contributed by atoms with Gasteiger partial charge < -0.3 is 5.32 Å². The second kappa shape index (κ2) is 7.88. The number of fused-ring (bicyclic) bond motifs is 1. The number of aromatic nitrogens is 2. The Bertz CT molecular complexity index is 1140. The summed E-state index contributed by atoms with van der Waals surface area (Å²) in [4.78, 5) is 14.8. The first-order valence-corrected chi connectivity index (χ1v) is 13.2. The number of carbonyl (C=O) groups is 1. The summed E-state index contributed by atoms with van der Waals surface area (Å²) >= 11 is 7.89. The molecule has 2 heterocycles. The van der Waals surface area contributed by atoms with Crippen molar-refractivity contribution in [3.05, 3.63) is 51.5 Å². The quantitative estimate of drug-likeness (QED) is 0.453. The molecule has 0 unspecified atom stereocenters. The first-order valence-electron chi connectivity index (χ1n) is 12.0. The van der Waals surface area contributed by atoms with Crippen LogP contribution in [0.1, 0.15) is 65.9 Å². The Morgan fingerprint density at radius 3 is 2.56 bits per heavy atom. The fraction of sp³-hybridized carbons (Fsp3) is 0.538. The maximum absolute atomic E-state index is 13.0. The number of carbonyl (C=O) groups excluding carboxylic acids is 1. The molecule has 168 valence electrons. The van der Waals surface area contributed by atoms with Crippen LogP contribution in [-0.4, -0.2) is 22.2 Å². The normalized spacial score (nSPS) is 28.5. The lowest BCUT2D eigenvalue weighted by atomic mass is 9.49. The second-order valence-corrected chi connectivity index (χ2v) is 12.0. The molecule has 0 aliphatic heterocycles. The third kappa shape index (κ3) is 3.67. The minimum atomic E-state index is 0.0552. The molecule has 4 aliphatic rings. The van der Waals surface area contributed by atoms with Gasteiger partial charge in [0.25, 0.3) is 5.91 Å². The average Bonchev–Trinajstić information content (AvgIpc) is 3.30.